The lowest BCUT2D eigenvalue weighted by atomic mass is 10.1. The maximum absolute atomic E-state index is 12.0. The maximum atomic E-state index is 12.0. The quantitative estimate of drug-likeness (QED) is 0.743. The third-order valence-electron chi connectivity index (χ3n) is 2.56. The van der Waals surface area contributed by atoms with Crippen LogP contribution in [0.1, 0.15) is 24.2 Å². The molecule has 4 heteroatoms. The van der Waals surface area contributed by atoms with Gasteiger partial charge < -0.3 is 4.74 Å². The molecule has 1 rings (SSSR count). The molecule has 0 saturated heterocycles. The van der Waals surface area contributed by atoms with Gasteiger partial charge in [0.05, 0.1) is 18.7 Å². The smallest absolute Gasteiger partial charge is 0.176 e. The number of Topliss-reactive ketones (excluding diaryl/α,β-unsaturated/α-hetero) is 1. The number of halogens is 1. The minimum atomic E-state index is 0.0719. The summed E-state index contributed by atoms with van der Waals surface area (Å²) in [4.78, 5) is 14.1. The number of carbonyl (C=O) groups is 1. The van der Waals surface area contributed by atoms with E-state index in [0.29, 0.717) is 28.8 Å². The average Bonchev–Trinajstić information content (AvgIpc) is 2.27. The van der Waals surface area contributed by atoms with Gasteiger partial charge in [-0.15, -0.1) is 0 Å². The van der Waals surface area contributed by atoms with E-state index in [-0.39, 0.29) is 5.78 Å². The lowest BCUT2D eigenvalue weighted by molar-refractivity contribution is 0.0940. The van der Waals surface area contributed by atoms with Crippen LogP contribution in [0.3, 0.4) is 0 Å². The Bertz CT molecular complexity index is 418. The van der Waals surface area contributed by atoms with Crippen molar-refractivity contribution < 1.29 is 9.53 Å². The molecule has 0 spiro atoms. The molecule has 0 heterocycles. The summed E-state index contributed by atoms with van der Waals surface area (Å²) in [6.45, 7) is 5.56. The van der Waals surface area contributed by atoms with Crippen LogP contribution < -0.4 is 4.74 Å². The molecule has 0 atom stereocenters. The van der Waals surface area contributed by atoms with Gasteiger partial charge in [-0.2, -0.15) is 0 Å². The number of hydrogen-bond donors (Lipinski definition) is 0. The molecular weight excluding hydrogens is 250 g/mol. The van der Waals surface area contributed by atoms with Crippen LogP contribution in [0.2, 0.25) is 5.02 Å². The molecule has 0 saturated carbocycles. The van der Waals surface area contributed by atoms with Crippen molar-refractivity contribution in [3.63, 3.8) is 0 Å². The van der Waals surface area contributed by atoms with Crippen molar-refractivity contribution in [1.82, 2.24) is 4.90 Å². The monoisotopic (exact) mass is 269 g/mol. The summed E-state index contributed by atoms with van der Waals surface area (Å²) in [6, 6.07) is 5.13. The van der Waals surface area contributed by atoms with Crippen molar-refractivity contribution in [3.8, 4) is 5.75 Å². The van der Waals surface area contributed by atoms with Gasteiger partial charge >= 0.3 is 0 Å². The summed E-state index contributed by atoms with van der Waals surface area (Å²) in [6.07, 6.45) is 0. The first-order valence-corrected chi connectivity index (χ1v) is 6.37. The fourth-order valence-corrected chi connectivity index (χ4v) is 2.12. The predicted molar refractivity (Wildman–Crippen MR) is 74.7 cm³/mol. The normalized spacial score (nSPS) is 11.1. The zero-order chi connectivity index (χ0) is 13.7. The SMILES string of the molecule is COc1ccc(C(=O)CN(C)CC(C)C)cc1Cl. The Morgan fingerprint density at radius 2 is 2.11 bits per heavy atom. The summed E-state index contributed by atoms with van der Waals surface area (Å²) in [7, 11) is 3.50. The first-order valence-electron chi connectivity index (χ1n) is 5.99. The summed E-state index contributed by atoms with van der Waals surface area (Å²) in [5.41, 5.74) is 0.622. The van der Waals surface area contributed by atoms with Crippen LogP contribution in [0.5, 0.6) is 5.75 Å². The fourth-order valence-electron chi connectivity index (χ4n) is 1.86. The van der Waals surface area contributed by atoms with Crippen LogP contribution in [0, 0.1) is 5.92 Å². The zero-order valence-electron chi connectivity index (χ0n) is 11.4. The van der Waals surface area contributed by atoms with E-state index >= 15 is 0 Å². The number of methoxy groups -OCH3 is 1. The van der Waals surface area contributed by atoms with Gasteiger partial charge in [-0.25, -0.2) is 0 Å². The van der Waals surface area contributed by atoms with Gasteiger partial charge in [0.25, 0.3) is 0 Å². The average molecular weight is 270 g/mol. The minimum absolute atomic E-state index is 0.0719. The van der Waals surface area contributed by atoms with Crippen molar-refractivity contribution in [1.29, 1.82) is 0 Å². The molecule has 1 aromatic carbocycles. The van der Waals surface area contributed by atoms with Crippen LogP contribution in [0.4, 0.5) is 0 Å². The molecule has 100 valence electrons. The number of hydrogen-bond acceptors (Lipinski definition) is 3. The van der Waals surface area contributed by atoms with Crippen LogP contribution in [0.15, 0.2) is 18.2 Å². The highest BCUT2D eigenvalue weighted by Gasteiger charge is 2.12. The Balaban J connectivity index is 2.70. The van der Waals surface area contributed by atoms with E-state index in [1.54, 1.807) is 25.3 Å². The Kier molecular flexibility index (Phi) is 5.63. The molecule has 0 radical (unpaired) electrons. The third kappa shape index (κ3) is 4.31. The second-order valence-corrected chi connectivity index (χ2v) is 5.27. The van der Waals surface area contributed by atoms with E-state index in [9.17, 15) is 4.79 Å². The standard InChI is InChI=1S/C14H20ClNO2/c1-10(2)8-16(3)9-13(17)11-5-6-14(18-4)12(15)7-11/h5-7,10H,8-9H2,1-4H3. The van der Waals surface area contributed by atoms with Crippen molar-refractivity contribution in [3.05, 3.63) is 28.8 Å². The maximum Gasteiger partial charge on any atom is 0.176 e. The first kappa shape index (κ1) is 15.0. The van der Waals surface area contributed by atoms with Gasteiger partial charge in [-0.1, -0.05) is 25.4 Å². The number of likely N-dealkylation sites (N-methyl/N-ethyl adjacent to an activating group) is 1. The summed E-state index contributed by atoms with van der Waals surface area (Å²) >= 11 is 6.00. The van der Waals surface area contributed by atoms with Gasteiger partial charge in [0.15, 0.2) is 5.78 Å². The van der Waals surface area contributed by atoms with Gasteiger partial charge in [0.1, 0.15) is 5.75 Å². The largest absolute Gasteiger partial charge is 0.495 e. The van der Waals surface area contributed by atoms with E-state index in [2.05, 4.69) is 13.8 Å². The topological polar surface area (TPSA) is 29.5 Å². The molecule has 1 aromatic rings. The van der Waals surface area contributed by atoms with Gasteiger partial charge in [0.2, 0.25) is 0 Å². The third-order valence-corrected chi connectivity index (χ3v) is 2.86. The molecule has 18 heavy (non-hydrogen) atoms. The molecule has 0 bridgehead atoms. The molecule has 0 aliphatic heterocycles. The molecule has 0 aliphatic carbocycles. The molecule has 0 fully saturated rings. The minimum Gasteiger partial charge on any atom is -0.495 e. The highest BCUT2D eigenvalue weighted by atomic mass is 35.5. The molecule has 0 amide bonds. The second kappa shape index (κ2) is 6.76. The van der Waals surface area contributed by atoms with Crippen molar-refractivity contribution in [2.24, 2.45) is 5.92 Å². The Morgan fingerprint density at radius 1 is 1.44 bits per heavy atom. The molecule has 0 aliphatic rings. The number of ketones is 1. The van der Waals surface area contributed by atoms with Crippen LogP contribution >= 0.6 is 11.6 Å². The van der Waals surface area contributed by atoms with Crippen LogP contribution in [0.25, 0.3) is 0 Å². The summed E-state index contributed by atoms with van der Waals surface area (Å²) in [5.74, 6) is 1.20. The number of rotatable bonds is 6. The molecule has 3 nitrogen and oxygen atoms in total. The summed E-state index contributed by atoms with van der Waals surface area (Å²) < 4.78 is 5.06. The lowest BCUT2D eigenvalue weighted by Gasteiger charge is -2.18. The Labute approximate surface area is 114 Å². The van der Waals surface area contributed by atoms with E-state index in [1.807, 2.05) is 11.9 Å². The first-order chi connectivity index (χ1) is 8.43. The molecule has 0 aromatic heterocycles. The highest BCUT2D eigenvalue weighted by Crippen LogP contribution is 2.25. The van der Waals surface area contributed by atoms with Crippen LogP contribution in [-0.2, 0) is 0 Å². The van der Waals surface area contributed by atoms with Gasteiger partial charge in [0, 0.05) is 12.1 Å². The highest BCUT2D eigenvalue weighted by molar-refractivity contribution is 6.32. The zero-order valence-corrected chi connectivity index (χ0v) is 12.1. The molecule has 0 unspecified atom stereocenters. The van der Waals surface area contributed by atoms with E-state index < -0.39 is 0 Å². The van der Waals surface area contributed by atoms with E-state index in [4.69, 9.17) is 16.3 Å². The fraction of sp³-hybridized carbons (Fsp3) is 0.500. The lowest BCUT2D eigenvalue weighted by Crippen LogP contribution is -2.29. The summed E-state index contributed by atoms with van der Waals surface area (Å²) in [5, 5.41) is 0.467. The Hall–Kier alpha value is -1.06. The van der Waals surface area contributed by atoms with Gasteiger partial charge in [-0.05, 0) is 31.2 Å². The number of nitrogens with zero attached hydrogens (tertiary/aromatic N) is 1. The Morgan fingerprint density at radius 3 is 2.61 bits per heavy atom. The number of ether oxygens (including phenoxy) is 1. The molecule has 0 N–H and O–H groups in total. The van der Waals surface area contributed by atoms with E-state index in [1.165, 1.54) is 0 Å². The van der Waals surface area contributed by atoms with Crippen LogP contribution in [-0.4, -0.2) is 37.9 Å². The van der Waals surface area contributed by atoms with Crippen molar-refractivity contribution in [2.75, 3.05) is 27.2 Å². The van der Waals surface area contributed by atoms with E-state index in [0.717, 1.165) is 6.54 Å². The van der Waals surface area contributed by atoms with Gasteiger partial charge in [-0.3, -0.25) is 9.69 Å². The molecular formula is C14H20ClNO2. The predicted octanol–water partition coefficient (Wildman–Crippen LogP) is 3.12. The van der Waals surface area contributed by atoms with Crippen molar-refractivity contribution in [2.45, 2.75) is 13.8 Å². The number of benzene rings is 1. The number of carbonyl (C=O) groups excluding carboxylic acids is 1. The second-order valence-electron chi connectivity index (χ2n) is 4.86. The van der Waals surface area contributed by atoms with Crippen molar-refractivity contribution >= 4 is 17.4 Å².